The van der Waals surface area contributed by atoms with Crippen LogP contribution in [-0.4, -0.2) is 59.0 Å². The molecule has 0 saturated carbocycles. The second kappa shape index (κ2) is 14.3. The van der Waals surface area contributed by atoms with Gasteiger partial charge in [-0.15, -0.1) is 0 Å². The van der Waals surface area contributed by atoms with Crippen molar-refractivity contribution in [3.8, 4) is 17.1 Å². The number of hydrogen-bond acceptors (Lipinski definition) is 10. The molecule has 0 fully saturated rings. The number of nitrogens with zero attached hydrogens (tertiary/aromatic N) is 2. The highest BCUT2D eigenvalue weighted by molar-refractivity contribution is 6.94. The van der Waals surface area contributed by atoms with Crippen molar-refractivity contribution in [2.75, 3.05) is 13.1 Å². The quantitative estimate of drug-likeness (QED) is 0.0348. The summed E-state index contributed by atoms with van der Waals surface area (Å²) in [5.41, 5.74) is 4.51. The van der Waals surface area contributed by atoms with Gasteiger partial charge in [-0.3, -0.25) is 14.8 Å². The minimum absolute atomic E-state index is 0.0617. The highest BCUT2D eigenvalue weighted by atomic mass is 28.3. The van der Waals surface area contributed by atoms with Gasteiger partial charge in [0.2, 0.25) is 0 Å². The molecule has 0 saturated heterocycles. The third-order valence-corrected chi connectivity index (χ3v) is 16.4. The molecule has 278 valence electrons. The Labute approximate surface area is 308 Å². The molecule has 0 radical (unpaired) electrons. The summed E-state index contributed by atoms with van der Waals surface area (Å²) in [6.45, 7) is 14.4. The monoisotopic (exact) mass is 739 g/mol. The van der Waals surface area contributed by atoms with Gasteiger partial charge in [-0.2, -0.15) is 0 Å². The number of hydroxylamine groups is 1. The molecule has 1 atom stereocenters. The zero-order valence-corrected chi connectivity index (χ0v) is 31.8. The maximum Gasteiger partial charge on any atom is 0.412 e. The number of benzene rings is 2. The Hall–Kier alpha value is -5.15. The Morgan fingerprint density at radius 2 is 1.81 bits per heavy atom. The summed E-state index contributed by atoms with van der Waals surface area (Å²) < 4.78 is 12.7. The molecular weight excluding hydrogens is 695 g/mol. The van der Waals surface area contributed by atoms with Crippen molar-refractivity contribution >= 4 is 48.2 Å². The number of carbonyl (C=O) groups is 3. The summed E-state index contributed by atoms with van der Waals surface area (Å²) in [5.74, 6) is -1.00. The smallest absolute Gasteiger partial charge is 0.412 e. The molecule has 0 unspecified atom stereocenters. The van der Waals surface area contributed by atoms with E-state index in [4.69, 9.17) is 19.7 Å². The number of cyclic esters (lactones) is 1. The van der Waals surface area contributed by atoms with Crippen LogP contribution in [0.5, 0.6) is 5.75 Å². The van der Waals surface area contributed by atoms with Gasteiger partial charge in [-0.1, -0.05) is 65.1 Å². The van der Waals surface area contributed by atoms with Gasteiger partial charge in [0.15, 0.2) is 5.60 Å². The van der Waals surface area contributed by atoms with Crippen LogP contribution in [0.2, 0.25) is 18.1 Å². The Kier molecular flexibility index (Phi) is 10.2. The lowest BCUT2D eigenvalue weighted by Gasteiger charge is -2.39. The fourth-order valence-electron chi connectivity index (χ4n) is 6.80. The molecule has 13 nitrogen and oxygen atoms in total. The first-order valence-corrected chi connectivity index (χ1v) is 20.6. The Morgan fingerprint density at radius 3 is 2.49 bits per heavy atom. The number of ether oxygens (including phenoxy) is 2. The van der Waals surface area contributed by atoms with Crippen molar-refractivity contribution in [2.24, 2.45) is 0 Å². The number of carbonyl (C=O) groups excluding carboxylic acids is 3. The first kappa shape index (κ1) is 37.6. The summed E-state index contributed by atoms with van der Waals surface area (Å²) in [7, 11) is -2.35. The van der Waals surface area contributed by atoms with Crippen LogP contribution in [0.1, 0.15) is 61.9 Å². The van der Waals surface area contributed by atoms with Gasteiger partial charge >= 0.3 is 12.1 Å². The fraction of sp³-hybridized carbons (Fsp3) is 0.359. The number of fused-ring (bicyclic) bond motifs is 5. The van der Waals surface area contributed by atoms with Gasteiger partial charge in [0.25, 0.3) is 11.5 Å². The summed E-state index contributed by atoms with van der Waals surface area (Å²) in [5, 5.41) is 27.9. The molecule has 0 spiro atoms. The van der Waals surface area contributed by atoms with E-state index >= 15 is 0 Å². The maximum absolute atomic E-state index is 13.9. The molecule has 2 amide bonds. The minimum Gasteiger partial charge on any atom is -0.458 e. The minimum atomic E-state index is -2.35. The molecule has 4 aromatic rings. The largest absolute Gasteiger partial charge is 0.458 e. The first-order valence-electron chi connectivity index (χ1n) is 17.6. The SMILES string of the molecule is CC[C@@]1(O)C(=O)OCc2c1cc1n(c2=O)Cc2c-1nc1ccc(OC(=O)NCCNCc3ccc(/C=C/C(=O)NO)cc3)cc1c2[Si](C)(C)C(C)(C)C. The molecule has 5 N–H and O–H groups in total. The number of aromatic nitrogens is 2. The number of esters is 1. The molecule has 2 aliphatic heterocycles. The van der Waals surface area contributed by atoms with Gasteiger partial charge in [0, 0.05) is 36.7 Å². The average molecular weight is 740 g/mol. The molecule has 4 heterocycles. The molecule has 2 aliphatic rings. The van der Waals surface area contributed by atoms with Gasteiger partial charge < -0.3 is 29.8 Å². The topological polar surface area (TPSA) is 181 Å². The third-order valence-electron chi connectivity index (χ3n) is 10.8. The van der Waals surface area contributed by atoms with E-state index in [2.05, 4.69) is 44.5 Å². The lowest BCUT2D eigenvalue weighted by Crippen LogP contribution is -2.51. The predicted molar refractivity (Wildman–Crippen MR) is 202 cm³/mol. The fourth-order valence-corrected chi connectivity index (χ4v) is 9.37. The standard InChI is InChI=1S/C39H45N5O8Si/c1-7-39(49)29-19-31-33-27(21-44(31)35(46)28(29)22-51-36(39)47)34(53(5,6)38(2,3)4)26-18-25(13-14-30(26)42-33)52-37(48)41-17-16-40-20-24-10-8-23(9-11-24)12-15-32(45)43-50/h8-15,18-19,40,49-50H,7,16-17,20-22H2,1-6H3,(H,41,48)(H,43,45)/b15-12+/t39-/m0/s1. The molecule has 6 rings (SSSR count). The van der Waals surface area contributed by atoms with E-state index in [0.717, 1.165) is 27.3 Å². The van der Waals surface area contributed by atoms with E-state index in [1.807, 2.05) is 36.4 Å². The zero-order valence-electron chi connectivity index (χ0n) is 30.8. The molecule has 53 heavy (non-hydrogen) atoms. The van der Waals surface area contributed by atoms with Crippen LogP contribution in [0.15, 0.2) is 59.4 Å². The molecule has 14 heteroatoms. The van der Waals surface area contributed by atoms with Crippen molar-refractivity contribution in [1.29, 1.82) is 0 Å². The number of amides is 2. The number of pyridine rings is 2. The Bertz CT molecular complexity index is 2210. The molecule has 0 bridgehead atoms. The van der Waals surface area contributed by atoms with Gasteiger partial charge in [-0.05, 0) is 63.7 Å². The molecule has 2 aromatic heterocycles. The zero-order chi connectivity index (χ0) is 38.3. The first-order chi connectivity index (χ1) is 25.1. The van der Waals surface area contributed by atoms with Crippen LogP contribution in [0.4, 0.5) is 4.79 Å². The summed E-state index contributed by atoms with van der Waals surface area (Å²) >= 11 is 0. The lowest BCUT2D eigenvalue weighted by molar-refractivity contribution is -0.172. The second-order valence-electron chi connectivity index (χ2n) is 15.0. The average Bonchev–Trinajstić information content (AvgIpc) is 3.49. The third kappa shape index (κ3) is 7.02. The lowest BCUT2D eigenvalue weighted by atomic mass is 9.86. The van der Waals surface area contributed by atoms with Crippen LogP contribution < -0.4 is 31.6 Å². The Balaban J connectivity index is 1.22. The predicted octanol–water partition coefficient (Wildman–Crippen LogP) is 4.19. The van der Waals surface area contributed by atoms with Crippen molar-refractivity contribution in [3.63, 3.8) is 0 Å². The normalized spacial score (nSPS) is 16.6. The van der Waals surface area contributed by atoms with Crippen molar-refractivity contribution < 1.29 is 34.2 Å². The van der Waals surface area contributed by atoms with E-state index in [-0.39, 0.29) is 41.3 Å². The number of rotatable bonds is 10. The number of aliphatic hydroxyl groups is 1. The molecule has 2 aromatic carbocycles. The van der Waals surface area contributed by atoms with Crippen LogP contribution in [-0.2, 0) is 39.6 Å². The van der Waals surface area contributed by atoms with E-state index in [1.54, 1.807) is 35.2 Å². The van der Waals surface area contributed by atoms with Gasteiger partial charge in [-0.25, -0.2) is 20.1 Å². The van der Waals surface area contributed by atoms with Gasteiger partial charge in [0.1, 0.15) is 12.4 Å². The van der Waals surface area contributed by atoms with Crippen molar-refractivity contribution in [3.05, 3.63) is 92.8 Å². The van der Waals surface area contributed by atoms with E-state index in [0.29, 0.717) is 42.3 Å². The maximum atomic E-state index is 13.9. The van der Waals surface area contributed by atoms with Crippen LogP contribution >= 0.6 is 0 Å². The highest BCUT2D eigenvalue weighted by Gasteiger charge is 2.47. The van der Waals surface area contributed by atoms with E-state index < -0.39 is 31.6 Å². The van der Waals surface area contributed by atoms with Crippen LogP contribution in [0.25, 0.3) is 28.4 Å². The summed E-state index contributed by atoms with van der Waals surface area (Å²) in [4.78, 5) is 55.7. The van der Waals surface area contributed by atoms with Crippen LogP contribution in [0.3, 0.4) is 0 Å². The number of nitrogens with one attached hydrogen (secondary N) is 3. The summed E-state index contributed by atoms with van der Waals surface area (Å²) in [6, 6.07) is 14.6. The molecular formula is C39H45N5O8Si. The number of hydrogen-bond donors (Lipinski definition) is 5. The van der Waals surface area contributed by atoms with Crippen molar-refractivity contribution in [2.45, 2.75) is 77.5 Å². The summed E-state index contributed by atoms with van der Waals surface area (Å²) in [6.07, 6.45) is 2.29. The van der Waals surface area contributed by atoms with Crippen LogP contribution in [0, 0.1) is 0 Å². The van der Waals surface area contributed by atoms with E-state index in [1.165, 1.54) is 6.08 Å². The second-order valence-corrected chi connectivity index (χ2v) is 20.3. The van der Waals surface area contributed by atoms with E-state index in [9.17, 15) is 24.3 Å². The molecule has 0 aliphatic carbocycles. The highest BCUT2D eigenvalue weighted by Crippen LogP contribution is 2.43. The van der Waals surface area contributed by atoms with Crippen molar-refractivity contribution in [1.82, 2.24) is 25.7 Å². The Morgan fingerprint density at radius 1 is 1.08 bits per heavy atom. The van der Waals surface area contributed by atoms with Gasteiger partial charge in [0.05, 0.1) is 37.1 Å².